The van der Waals surface area contributed by atoms with Crippen molar-refractivity contribution in [3.63, 3.8) is 0 Å². The predicted molar refractivity (Wildman–Crippen MR) is 90.7 cm³/mol. The Bertz CT molecular complexity index is 833. The number of carbonyl (C=O) groups is 2. The van der Waals surface area contributed by atoms with Crippen molar-refractivity contribution < 1.29 is 18.4 Å². The van der Waals surface area contributed by atoms with Gasteiger partial charge in [0.15, 0.2) is 0 Å². The Balaban J connectivity index is 1.78. The average Bonchev–Trinajstić information content (AvgIpc) is 3.10. The summed E-state index contributed by atoms with van der Waals surface area (Å²) in [5.74, 6) is -2.73. The maximum atomic E-state index is 14.3. The number of anilines is 2. The van der Waals surface area contributed by atoms with Gasteiger partial charge in [0, 0.05) is 24.3 Å². The van der Waals surface area contributed by atoms with E-state index in [9.17, 15) is 18.4 Å². The van der Waals surface area contributed by atoms with Crippen LogP contribution < -0.4 is 16.0 Å². The summed E-state index contributed by atoms with van der Waals surface area (Å²) in [6.45, 7) is 1.60. The highest BCUT2D eigenvalue weighted by Crippen LogP contribution is 2.25. The lowest BCUT2D eigenvalue weighted by Gasteiger charge is -2.18. The van der Waals surface area contributed by atoms with E-state index >= 15 is 0 Å². The molecule has 0 radical (unpaired) electrons. The van der Waals surface area contributed by atoms with E-state index in [0.29, 0.717) is 5.69 Å². The van der Waals surface area contributed by atoms with E-state index in [-0.39, 0.29) is 16.8 Å². The van der Waals surface area contributed by atoms with Gasteiger partial charge in [-0.2, -0.15) is 0 Å². The number of amides is 2. The van der Waals surface area contributed by atoms with E-state index in [1.807, 2.05) is 4.90 Å². The number of hydrogen-bond donors (Lipinski definition) is 2. The van der Waals surface area contributed by atoms with Crippen molar-refractivity contribution in [1.82, 2.24) is 0 Å². The predicted octanol–water partition coefficient (Wildman–Crippen LogP) is 2.92. The summed E-state index contributed by atoms with van der Waals surface area (Å²) in [6, 6.07) is 7.76. The Morgan fingerprint density at radius 1 is 1.00 bits per heavy atom. The second-order valence-corrected chi connectivity index (χ2v) is 5.87. The van der Waals surface area contributed by atoms with Crippen molar-refractivity contribution in [3.05, 3.63) is 59.2 Å². The lowest BCUT2D eigenvalue weighted by Crippen LogP contribution is -2.20. The van der Waals surface area contributed by atoms with Crippen LogP contribution in [0.3, 0.4) is 0 Å². The minimum absolute atomic E-state index is 0.130. The van der Waals surface area contributed by atoms with E-state index in [4.69, 9.17) is 5.73 Å². The molecule has 0 spiro atoms. The standard InChI is InChI=1S/C18H17F2N3O2/c19-14-5-4-12(10-13(14)17(21)24)22-18(25)11-3-6-16(15(20)9-11)23-7-1-2-8-23/h3-6,9-10H,1-2,7-8H2,(H2,21,24)(H,22,25). The first-order valence-electron chi connectivity index (χ1n) is 7.91. The number of nitrogens with two attached hydrogens (primary N) is 1. The number of benzene rings is 2. The Kier molecular flexibility index (Phi) is 4.65. The highest BCUT2D eigenvalue weighted by atomic mass is 19.1. The van der Waals surface area contributed by atoms with Gasteiger partial charge in [0.05, 0.1) is 11.3 Å². The van der Waals surface area contributed by atoms with E-state index in [2.05, 4.69) is 5.32 Å². The summed E-state index contributed by atoms with van der Waals surface area (Å²) in [7, 11) is 0. The molecule has 0 aromatic heterocycles. The highest BCUT2D eigenvalue weighted by molar-refractivity contribution is 6.05. The fourth-order valence-electron chi connectivity index (χ4n) is 2.86. The summed E-state index contributed by atoms with van der Waals surface area (Å²) in [6.07, 6.45) is 2.04. The molecule has 1 aliphatic rings. The first kappa shape index (κ1) is 16.9. The van der Waals surface area contributed by atoms with Gasteiger partial charge in [-0.1, -0.05) is 0 Å². The largest absolute Gasteiger partial charge is 0.369 e. The number of nitrogens with zero attached hydrogens (tertiary/aromatic N) is 1. The molecule has 2 aromatic rings. The van der Waals surface area contributed by atoms with Crippen LogP contribution in [-0.2, 0) is 0 Å². The molecule has 25 heavy (non-hydrogen) atoms. The fourth-order valence-corrected chi connectivity index (χ4v) is 2.86. The molecule has 0 unspecified atom stereocenters. The van der Waals surface area contributed by atoms with Crippen LogP contribution in [0.15, 0.2) is 36.4 Å². The summed E-state index contributed by atoms with van der Waals surface area (Å²) >= 11 is 0. The molecule has 3 rings (SSSR count). The van der Waals surface area contributed by atoms with Crippen LogP contribution >= 0.6 is 0 Å². The Morgan fingerprint density at radius 3 is 2.36 bits per heavy atom. The minimum atomic E-state index is -0.936. The maximum Gasteiger partial charge on any atom is 0.255 e. The van der Waals surface area contributed by atoms with Crippen molar-refractivity contribution in [2.75, 3.05) is 23.3 Å². The zero-order chi connectivity index (χ0) is 18.0. The van der Waals surface area contributed by atoms with Crippen molar-refractivity contribution >= 4 is 23.2 Å². The quantitative estimate of drug-likeness (QED) is 0.895. The van der Waals surface area contributed by atoms with E-state index in [1.165, 1.54) is 18.2 Å². The number of primary amides is 1. The van der Waals surface area contributed by atoms with Crippen molar-refractivity contribution in [3.8, 4) is 0 Å². The van der Waals surface area contributed by atoms with Crippen LogP contribution in [0.1, 0.15) is 33.6 Å². The third-order valence-corrected chi connectivity index (χ3v) is 4.15. The zero-order valence-electron chi connectivity index (χ0n) is 13.4. The number of hydrogen-bond acceptors (Lipinski definition) is 3. The molecule has 0 aliphatic carbocycles. The molecule has 1 saturated heterocycles. The molecule has 7 heteroatoms. The molecule has 2 aromatic carbocycles. The second-order valence-electron chi connectivity index (χ2n) is 5.87. The number of nitrogens with one attached hydrogen (secondary N) is 1. The maximum absolute atomic E-state index is 14.3. The van der Waals surface area contributed by atoms with Crippen LogP contribution in [-0.4, -0.2) is 24.9 Å². The topological polar surface area (TPSA) is 75.4 Å². The number of rotatable bonds is 4. The molecule has 5 nitrogen and oxygen atoms in total. The summed E-state index contributed by atoms with van der Waals surface area (Å²) in [5.41, 5.74) is 5.56. The molecule has 2 amide bonds. The molecular weight excluding hydrogens is 328 g/mol. The molecular formula is C18H17F2N3O2. The van der Waals surface area contributed by atoms with Crippen molar-refractivity contribution in [2.24, 2.45) is 5.73 Å². The van der Waals surface area contributed by atoms with Crippen molar-refractivity contribution in [1.29, 1.82) is 0 Å². The van der Waals surface area contributed by atoms with Gasteiger partial charge in [-0.3, -0.25) is 9.59 Å². The van der Waals surface area contributed by atoms with Gasteiger partial charge in [-0.05, 0) is 49.2 Å². The monoisotopic (exact) mass is 345 g/mol. The molecule has 0 atom stereocenters. The number of halogens is 2. The third-order valence-electron chi connectivity index (χ3n) is 4.15. The van der Waals surface area contributed by atoms with Gasteiger partial charge >= 0.3 is 0 Å². The SMILES string of the molecule is NC(=O)c1cc(NC(=O)c2ccc(N3CCCC3)c(F)c2)ccc1F. The summed E-state index contributed by atoms with van der Waals surface area (Å²) in [4.78, 5) is 25.4. The average molecular weight is 345 g/mol. The van der Waals surface area contributed by atoms with Gasteiger partial charge in [0.1, 0.15) is 11.6 Å². The summed E-state index contributed by atoms with van der Waals surface area (Å²) < 4.78 is 27.7. The Hall–Kier alpha value is -2.96. The van der Waals surface area contributed by atoms with Crippen LogP contribution in [0, 0.1) is 11.6 Å². The van der Waals surface area contributed by atoms with Crippen LogP contribution in [0.5, 0.6) is 0 Å². The zero-order valence-corrected chi connectivity index (χ0v) is 13.4. The molecule has 3 N–H and O–H groups in total. The Morgan fingerprint density at radius 2 is 1.72 bits per heavy atom. The highest BCUT2D eigenvalue weighted by Gasteiger charge is 2.18. The van der Waals surface area contributed by atoms with E-state index in [0.717, 1.165) is 38.1 Å². The first-order valence-corrected chi connectivity index (χ1v) is 7.91. The Labute approximate surface area is 143 Å². The normalized spacial score (nSPS) is 13.8. The minimum Gasteiger partial charge on any atom is -0.369 e. The smallest absolute Gasteiger partial charge is 0.255 e. The van der Waals surface area contributed by atoms with Crippen LogP contribution in [0.4, 0.5) is 20.2 Å². The van der Waals surface area contributed by atoms with Gasteiger partial charge in [0.25, 0.3) is 11.8 Å². The van der Waals surface area contributed by atoms with Crippen molar-refractivity contribution in [2.45, 2.75) is 12.8 Å². The molecule has 0 bridgehead atoms. The fraction of sp³-hybridized carbons (Fsp3) is 0.222. The molecule has 0 saturated carbocycles. The van der Waals surface area contributed by atoms with Gasteiger partial charge < -0.3 is 16.0 Å². The molecule has 130 valence electrons. The lowest BCUT2D eigenvalue weighted by molar-refractivity contribution is 0.0992. The van der Waals surface area contributed by atoms with E-state index < -0.39 is 23.4 Å². The second kappa shape index (κ2) is 6.88. The molecule has 1 heterocycles. The van der Waals surface area contributed by atoms with E-state index in [1.54, 1.807) is 6.07 Å². The molecule has 1 fully saturated rings. The van der Waals surface area contributed by atoms with Crippen LogP contribution in [0.2, 0.25) is 0 Å². The number of carbonyl (C=O) groups excluding carboxylic acids is 2. The van der Waals surface area contributed by atoms with Gasteiger partial charge in [-0.15, -0.1) is 0 Å². The van der Waals surface area contributed by atoms with Gasteiger partial charge in [0.2, 0.25) is 0 Å². The van der Waals surface area contributed by atoms with Gasteiger partial charge in [-0.25, -0.2) is 8.78 Å². The lowest BCUT2D eigenvalue weighted by atomic mass is 10.1. The summed E-state index contributed by atoms with van der Waals surface area (Å²) in [5, 5.41) is 2.50. The van der Waals surface area contributed by atoms with Crippen LogP contribution in [0.25, 0.3) is 0 Å². The molecule has 1 aliphatic heterocycles. The first-order chi connectivity index (χ1) is 12.0. The third kappa shape index (κ3) is 3.60.